The van der Waals surface area contributed by atoms with E-state index in [1.165, 1.54) is 6.20 Å². The van der Waals surface area contributed by atoms with E-state index in [4.69, 9.17) is 11.6 Å². The molecule has 134 valence electrons. The second kappa shape index (κ2) is 6.45. The molecule has 1 amide bonds. The Morgan fingerprint density at radius 2 is 1.96 bits per heavy atom. The summed E-state index contributed by atoms with van der Waals surface area (Å²) < 4.78 is 0. The van der Waals surface area contributed by atoms with Crippen LogP contribution in [-0.2, 0) is 4.79 Å². The number of H-pyrrole nitrogens is 1. The van der Waals surface area contributed by atoms with E-state index in [2.05, 4.69) is 10.3 Å². The third-order valence-electron chi connectivity index (χ3n) is 4.66. The second-order valence-electron chi connectivity index (χ2n) is 6.30. The van der Waals surface area contributed by atoms with Crippen molar-refractivity contribution in [3.05, 3.63) is 76.1 Å². The monoisotopic (exact) mass is 378 g/mol. The van der Waals surface area contributed by atoms with Gasteiger partial charge in [0.05, 0.1) is 11.1 Å². The predicted molar refractivity (Wildman–Crippen MR) is 106 cm³/mol. The number of fused-ring (bicyclic) bond motifs is 1. The first-order valence-corrected chi connectivity index (χ1v) is 8.67. The highest BCUT2D eigenvalue weighted by Gasteiger charge is 2.28. The summed E-state index contributed by atoms with van der Waals surface area (Å²) in [5.41, 5.74) is 5.09. The van der Waals surface area contributed by atoms with Crippen LogP contribution in [0.15, 0.2) is 48.7 Å². The Morgan fingerprint density at radius 1 is 1.19 bits per heavy atom. The summed E-state index contributed by atoms with van der Waals surface area (Å²) in [5.74, 6) is -1.24. The number of hydrogen-bond acceptors (Lipinski definition) is 2. The molecule has 1 aromatic heterocycles. The van der Waals surface area contributed by atoms with Crippen LogP contribution in [0, 0.1) is 6.92 Å². The number of anilines is 1. The molecule has 0 radical (unpaired) electrons. The number of carbonyl (C=O) groups excluding carboxylic acids is 1. The lowest BCUT2D eigenvalue weighted by Crippen LogP contribution is -2.03. The van der Waals surface area contributed by atoms with Crippen LogP contribution in [0.5, 0.6) is 0 Å². The van der Waals surface area contributed by atoms with Crippen LogP contribution in [-0.4, -0.2) is 22.0 Å². The van der Waals surface area contributed by atoms with Crippen molar-refractivity contribution in [2.45, 2.75) is 6.92 Å². The Hall–Kier alpha value is -3.31. The van der Waals surface area contributed by atoms with E-state index in [1.807, 2.05) is 36.4 Å². The molecular weight excluding hydrogens is 364 g/mol. The highest BCUT2D eigenvalue weighted by Crippen LogP contribution is 2.41. The van der Waals surface area contributed by atoms with Gasteiger partial charge in [-0.15, -0.1) is 0 Å². The van der Waals surface area contributed by atoms with E-state index in [1.54, 1.807) is 19.1 Å². The van der Waals surface area contributed by atoms with E-state index in [0.717, 1.165) is 16.7 Å². The molecule has 0 fully saturated rings. The molecule has 1 aliphatic heterocycles. The van der Waals surface area contributed by atoms with Gasteiger partial charge in [-0.2, -0.15) is 0 Å². The van der Waals surface area contributed by atoms with Gasteiger partial charge in [0, 0.05) is 28.2 Å². The molecule has 3 N–H and O–H groups in total. The van der Waals surface area contributed by atoms with Crippen LogP contribution in [0.1, 0.15) is 27.2 Å². The SMILES string of the molecule is Cc1c(C(=O)O)c[nH]c1C=C1C(=O)Nc2cccc(-c3cccc(Cl)c3)c21. The molecule has 5 nitrogen and oxygen atoms in total. The van der Waals surface area contributed by atoms with Crippen LogP contribution in [0.3, 0.4) is 0 Å². The second-order valence-corrected chi connectivity index (χ2v) is 6.73. The third kappa shape index (κ3) is 2.92. The lowest BCUT2D eigenvalue weighted by atomic mass is 9.94. The van der Waals surface area contributed by atoms with Gasteiger partial charge in [0.1, 0.15) is 0 Å². The molecule has 0 saturated heterocycles. The Balaban J connectivity index is 1.90. The summed E-state index contributed by atoms with van der Waals surface area (Å²) in [6, 6.07) is 13.1. The fraction of sp³-hybridized carbons (Fsp3) is 0.0476. The quantitative estimate of drug-likeness (QED) is 0.570. The minimum absolute atomic E-state index is 0.184. The Labute approximate surface area is 160 Å². The Kier molecular flexibility index (Phi) is 4.09. The van der Waals surface area contributed by atoms with Crippen molar-refractivity contribution >= 4 is 40.8 Å². The number of rotatable bonds is 3. The summed E-state index contributed by atoms with van der Waals surface area (Å²) in [5, 5.41) is 12.7. The Bertz CT molecular complexity index is 1130. The van der Waals surface area contributed by atoms with E-state index >= 15 is 0 Å². The third-order valence-corrected chi connectivity index (χ3v) is 4.90. The zero-order valence-corrected chi connectivity index (χ0v) is 15.1. The normalized spacial score (nSPS) is 14.3. The zero-order chi connectivity index (χ0) is 19.1. The van der Waals surface area contributed by atoms with Gasteiger partial charge in [-0.1, -0.05) is 35.9 Å². The number of aromatic amines is 1. The minimum atomic E-state index is -1.01. The molecule has 0 spiro atoms. The fourth-order valence-corrected chi connectivity index (χ4v) is 3.50. The van der Waals surface area contributed by atoms with Crippen molar-refractivity contribution in [1.29, 1.82) is 0 Å². The van der Waals surface area contributed by atoms with Crippen molar-refractivity contribution < 1.29 is 14.7 Å². The maximum atomic E-state index is 12.6. The number of aromatic nitrogens is 1. The highest BCUT2D eigenvalue weighted by molar-refractivity contribution is 6.36. The molecule has 1 aliphatic rings. The summed E-state index contributed by atoms with van der Waals surface area (Å²) in [6.07, 6.45) is 3.12. The number of carbonyl (C=O) groups is 2. The predicted octanol–water partition coefficient (Wildman–Crippen LogP) is 4.83. The zero-order valence-electron chi connectivity index (χ0n) is 14.3. The molecule has 0 saturated carbocycles. The summed E-state index contributed by atoms with van der Waals surface area (Å²) in [7, 11) is 0. The van der Waals surface area contributed by atoms with Gasteiger partial charge in [0.25, 0.3) is 5.91 Å². The molecule has 2 aromatic carbocycles. The van der Waals surface area contributed by atoms with Gasteiger partial charge in [-0.3, -0.25) is 4.79 Å². The van der Waals surface area contributed by atoms with Gasteiger partial charge in [0.15, 0.2) is 0 Å². The number of hydrogen-bond donors (Lipinski definition) is 3. The average molecular weight is 379 g/mol. The van der Waals surface area contributed by atoms with Crippen molar-refractivity contribution in [2.24, 2.45) is 0 Å². The van der Waals surface area contributed by atoms with E-state index < -0.39 is 5.97 Å². The summed E-state index contributed by atoms with van der Waals surface area (Å²) in [4.78, 5) is 26.8. The molecule has 27 heavy (non-hydrogen) atoms. The van der Waals surface area contributed by atoms with Gasteiger partial charge in [0.2, 0.25) is 0 Å². The van der Waals surface area contributed by atoms with Crippen LogP contribution in [0.2, 0.25) is 5.02 Å². The van der Waals surface area contributed by atoms with Crippen molar-refractivity contribution in [2.75, 3.05) is 5.32 Å². The van der Waals surface area contributed by atoms with Crippen molar-refractivity contribution in [1.82, 2.24) is 4.98 Å². The van der Waals surface area contributed by atoms with Crippen LogP contribution in [0.4, 0.5) is 5.69 Å². The van der Waals surface area contributed by atoms with Crippen LogP contribution in [0.25, 0.3) is 22.8 Å². The number of halogens is 1. The van der Waals surface area contributed by atoms with Crippen molar-refractivity contribution in [3.8, 4) is 11.1 Å². The molecule has 2 heterocycles. The molecule has 0 bridgehead atoms. The highest BCUT2D eigenvalue weighted by atomic mass is 35.5. The smallest absolute Gasteiger partial charge is 0.337 e. The molecule has 4 rings (SSSR count). The Morgan fingerprint density at radius 3 is 2.67 bits per heavy atom. The standard InChI is InChI=1S/C21H15ClN2O3/c1-11-16(21(26)27)10-23-18(11)9-15-19-14(12-4-2-5-13(22)8-12)6-3-7-17(19)24-20(15)25/h2-10,23H,1H3,(H,24,25)(H,26,27). The fourth-order valence-electron chi connectivity index (χ4n) is 3.31. The molecule has 0 unspecified atom stereocenters. The summed E-state index contributed by atoms with van der Waals surface area (Å²) in [6.45, 7) is 1.71. The number of carboxylic acid groups (broad SMARTS) is 1. The first kappa shape index (κ1) is 17.1. The first-order valence-electron chi connectivity index (χ1n) is 8.29. The molecule has 0 atom stereocenters. The number of amides is 1. The van der Waals surface area contributed by atoms with Crippen LogP contribution < -0.4 is 5.32 Å². The molecule has 3 aromatic rings. The van der Waals surface area contributed by atoms with Crippen molar-refractivity contribution in [3.63, 3.8) is 0 Å². The van der Waals surface area contributed by atoms with Gasteiger partial charge in [-0.05, 0) is 47.9 Å². The molecule has 6 heteroatoms. The minimum Gasteiger partial charge on any atom is -0.478 e. The lowest BCUT2D eigenvalue weighted by molar-refractivity contribution is -0.110. The van der Waals surface area contributed by atoms with E-state index in [0.29, 0.717) is 27.5 Å². The number of benzene rings is 2. The van der Waals surface area contributed by atoms with Crippen LogP contribution >= 0.6 is 11.6 Å². The maximum absolute atomic E-state index is 12.6. The molecular formula is C21H15ClN2O3. The van der Waals surface area contributed by atoms with Gasteiger partial charge in [-0.25, -0.2) is 4.79 Å². The number of carboxylic acids is 1. The first-order chi connectivity index (χ1) is 13.0. The summed E-state index contributed by atoms with van der Waals surface area (Å²) >= 11 is 6.14. The largest absolute Gasteiger partial charge is 0.478 e. The van der Waals surface area contributed by atoms with Gasteiger partial charge >= 0.3 is 5.97 Å². The number of nitrogens with one attached hydrogen (secondary N) is 2. The maximum Gasteiger partial charge on any atom is 0.337 e. The lowest BCUT2D eigenvalue weighted by Gasteiger charge is -2.09. The number of aromatic carboxylic acids is 1. The average Bonchev–Trinajstić information content (AvgIpc) is 3.15. The topological polar surface area (TPSA) is 82.2 Å². The van der Waals surface area contributed by atoms with Gasteiger partial charge < -0.3 is 15.4 Å². The molecule has 0 aliphatic carbocycles. The van der Waals surface area contributed by atoms with E-state index in [9.17, 15) is 14.7 Å². The van der Waals surface area contributed by atoms with E-state index in [-0.39, 0.29) is 11.5 Å².